The summed E-state index contributed by atoms with van der Waals surface area (Å²) >= 11 is 0. The standard InChI is InChI=1S/C25H30N4O/c1-17-6-3-4-8-22(17)18-9-11-23-20(14-18)15-19(25(26)28-23)10-12-24(30)27-21-7-5-13-29(2)16-21/h3-4,6,8-9,11,14-15,21H,5,7,10,12-13,16H2,1-2H3,(H2,26,28)(H,27,30). The predicted molar refractivity (Wildman–Crippen MR) is 123 cm³/mol. The van der Waals surface area contributed by atoms with Crippen LogP contribution in [0.15, 0.2) is 48.5 Å². The SMILES string of the molecule is Cc1ccccc1-c1ccc2nc(N)c(CCC(=O)NC3CCCN(C)C3)cc2c1. The molecule has 5 nitrogen and oxygen atoms in total. The van der Waals surface area contributed by atoms with Crippen LogP contribution < -0.4 is 11.1 Å². The maximum Gasteiger partial charge on any atom is 0.220 e. The van der Waals surface area contributed by atoms with E-state index in [-0.39, 0.29) is 11.9 Å². The van der Waals surface area contributed by atoms with Gasteiger partial charge in [0.25, 0.3) is 0 Å². The van der Waals surface area contributed by atoms with Gasteiger partial charge in [-0.2, -0.15) is 0 Å². The minimum absolute atomic E-state index is 0.0865. The van der Waals surface area contributed by atoms with Gasteiger partial charge in [0.15, 0.2) is 0 Å². The van der Waals surface area contributed by atoms with Crippen molar-refractivity contribution in [3.8, 4) is 11.1 Å². The Morgan fingerprint density at radius 3 is 2.87 bits per heavy atom. The molecule has 1 aliphatic rings. The van der Waals surface area contributed by atoms with Gasteiger partial charge in [0.2, 0.25) is 5.91 Å². The fraction of sp³-hybridized carbons (Fsp3) is 0.360. The normalized spacial score (nSPS) is 17.2. The second-order valence-electron chi connectivity index (χ2n) is 8.42. The third-order valence-corrected chi connectivity index (χ3v) is 5.99. The number of hydrogen-bond donors (Lipinski definition) is 2. The van der Waals surface area contributed by atoms with Gasteiger partial charge in [0.05, 0.1) is 5.52 Å². The van der Waals surface area contributed by atoms with Crippen LogP contribution in [0.25, 0.3) is 22.0 Å². The van der Waals surface area contributed by atoms with Crippen LogP contribution in [0.2, 0.25) is 0 Å². The van der Waals surface area contributed by atoms with Gasteiger partial charge < -0.3 is 16.0 Å². The Kier molecular flexibility index (Phi) is 6.00. The number of likely N-dealkylation sites (tertiary alicyclic amines) is 1. The van der Waals surface area contributed by atoms with Crippen molar-refractivity contribution in [3.63, 3.8) is 0 Å². The first-order chi connectivity index (χ1) is 14.5. The summed E-state index contributed by atoms with van der Waals surface area (Å²) in [5.74, 6) is 0.597. The van der Waals surface area contributed by atoms with Gasteiger partial charge in [0.1, 0.15) is 5.82 Å². The number of nitrogens with zero attached hydrogens (tertiary/aromatic N) is 2. The van der Waals surface area contributed by atoms with Crippen LogP contribution in [-0.4, -0.2) is 42.0 Å². The molecule has 156 valence electrons. The molecule has 0 aliphatic carbocycles. The number of nitrogen functional groups attached to an aromatic ring is 1. The van der Waals surface area contributed by atoms with Gasteiger partial charge in [-0.25, -0.2) is 4.98 Å². The highest BCUT2D eigenvalue weighted by atomic mass is 16.1. The number of pyridine rings is 1. The van der Waals surface area contributed by atoms with Gasteiger partial charge in [-0.05, 0) is 80.2 Å². The first kappa shape index (κ1) is 20.4. The Balaban J connectivity index is 1.49. The Labute approximate surface area is 178 Å². The molecule has 3 aromatic rings. The smallest absolute Gasteiger partial charge is 0.220 e. The number of carbonyl (C=O) groups excluding carboxylic acids is 1. The number of carbonyl (C=O) groups is 1. The molecule has 0 radical (unpaired) electrons. The summed E-state index contributed by atoms with van der Waals surface area (Å²) in [7, 11) is 2.10. The van der Waals surface area contributed by atoms with Crippen LogP contribution in [-0.2, 0) is 11.2 Å². The number of benzene rings is 2. The first-order valence-electron chi connectivity index (χ1n) is 10.7. The van der Waals surface area contributed by atoms with E-state index in [2.05, 4.69) is 71.6 Å². The predicted octanol–water partition coefficient (Wildman–Crippen LogP) is 3.94. The van der Waals surface area contributed by atoms with E-state index in [0.29, 0.717) is 18.7 Å². The molecule has 3 N–H and O–H groups in total. The highest BCUT2D eigenvalue weighted by molar-refractivity contribution is 5.87. The van der Waals surface area contributed by atoms with E-state index in [1.807, 2.05) is 6.07 Å². The molecule has 1 saturated heterocycles. The van der Waals surface area contributed by atoms with Gasteiger partial charge in [0, 0.05) is 24.4 Å². The third kappa shape index (κ3) is 4.62. The van der Waals surface area contributed by atoms with E-state index in [1.54, 1.807) is 0 Å². The monoisotopic (exact) mass is 402 g/mol. The van der Waals surface area contributed by atoms with Crippen molar-refractivity contribution < 1.29 is 4.79 Å². The molecule has 4 rings (SSSR count). The van der Waals surface area contributed by atoms with Crippen molar-refractivity contribution >= 4 is 22.6 Å². The van der Waals surface area contributed by atoms with E-state index in [4.69, 9.17) is 5.73 Å². The number of aryl methyl sites for hydroxylation is 2. The molecule has 1 fully saturated rings. The Morgan fingerprint density at radius 2 is 2.07 bits per heavy atom. The van der Waals surface area contributed by atoms with Crippen LogP contribution in [0.1, 0.15) is 30.4 Å². The summed E-state index contributed by atoms with van der Waals surface area (Å²) in [5.41, 5.74) is 11.6. The zero-order chi connectivity index (χ0) is 21.1. The maximum atomic E-state index is 12.5. The molecule has 2 heterocycles. The van der Waals surface area contributed by atoms with Crippen LogP contribution in [0, 0.1) is 6.92 Å². The second kappa shape index (κ2) is 8.84. The second-order valence-corrected chi connectivity index (χ2v) is 8.42. The third-order valence-electron chi connectivity index (χ3n) is 5.99. The van der Waals surface area contributed by atoms with E-state index in [0.717, 1.165) is 48.0 Å². The van der Waals surface area contributed by atoms with Crippen LogP contribution in [0.5, 0.6) is 0 Å². The fourth-order valence-corrected chi connectivity index (χ4v) is 4.33. The Morgan fingerprint density at radius 1 is 1.23 bits per heavy atom. The molecule has 0 bridgehead atoms. The highest BCUT2D eigenvalue weighted by Gasteiger charge is 2.19. The summed E-state index contributed by atoms with van der Waals surface area (Å²) < 4.78 is 0. The van der Waals surface area contributed by atoms with Crippen molar-refractivity contribution in [1.82, 2.24) is 15.2 Å². The topological polar surface area (TPSA) is 71.2 Å². The molecule has 5 heteroatoms. The van der Waals surface area contributed by atoms with Gasteiger partial charge in [-0.3, -0.25) is 4.79 Å². The molecule has 2 aromatic carbocycles. The Bertz CT molecular complexity index is 1060. The Hall–Kier alpha value is -2.92. The summed E-state index contributed by atoms with van der Waals surface area (Å²) in [6.07, 6.45) is 3.20. The number of hydrogen-bond acceptors (Lipinski definition) is 4. The number of fused-ring (bicyclic) bond motifs is 1. The van der Waals surface area contributed by atoms with E-state index in [9.17, 15) is 4.79 Å². The number of nitrogens with two attached hydrogens (primary N) is 1. The lowest BCUT2D eigenvalue weighted by atomic mass is 9.98. The minimum atomic E-state index is 0.0865. The van der Waals surface area contributed by atoms with Crippen molar-refractivity contribution in [1.29, 1.82) is 0 Å². The van der Waals surface area contributed by atoms with Gasteiger partial charge in [-0.15, -0.1) is 0 Å². The van der Waals surface area contributed by atoms with Crippen molar-refractivity contribution in [2.45, 2.75) is 38.6 Å². The molecular weight excluding hydrogens is 372 g/mol. The number of nitrogens with one attached hydrogen (secondary N) is 1. The lowest BCUT2D eigenvalue weighted by Crippen LogP contribution is -2.46. The molecule has 1 aliphatic heterocycles. The zero-order valence-electron chi connectivity index (χ0n) is 17.8. The highest BCUT2D eigenvalue weighted by Crippen LogP contribution is 2.28. The summed E-state index contributed by atoms with van der Waals surface area (Å²) in [4.78, 5) is 19.3. The van der Waals surface area contributed by atoms with E-state index >= 15 is 0 Å². The van der Waals surface area contributed by atoms with Crippen LogP contribution in [0.3, 0.4) is 0 Å². The van der Waals surface area contributed by atoms with Gasteiger partial charge in [-0.1, -0.05) is 30.3 Å². The molecule has 1 aromatic heterocycles. The average Bonchev–Trinajstić information content (AvgIpc) is 2.72. The van der Waals surface area contributed by atoms with Crippen molar-refractivity contribution in [2.75, 3.05) is 25.9 Å². The average molecular weight is 403 g/mol. The van der Waals surface area contributed by atoms with Crippen LogP contribution >= 0.6 is 0 Å². The minimum Gasteiger partial charge on any atom is -0.383 e. The maximum absolute atomic E-state index is 12.5. The molecule has 0 saturated carbocycles. The molecule has 1 atom stereocenters. The largest absolute Gasteiger partial charge is 0.383 e. The molecule has 1 unspecified atom stereocenters. The van der Waals surface area contributed by atoms with Crippen molar-refractivity contribution in [2.24, 2.45) is 0 Å². The first-order valence-corrected chi connectivity index (χ1v) is 10.7. The number of aromatic nitrogens is 1. The zero-order valence-corrected chi connectivity index (χ0v) is 17.8. The summed E-state index contributed by atoms with van der Waals surface area (Å²) in [5, 5.41) is 4.22. The lowest BCUT2D eigenvalue weighted by molar-refractivity contribution is -0.122. The molecular formula is C25H30N4O. The number of piperidine rings is 1. The van der Waals surface area contributed by atoms with Crippen molar-refractivity contribution in [3.05, 3.63) is 59.7 Å². The number of amides is 1. The summed E-state index contributed by atoms with van der Waals surface area (Å²) in [6, 6.07) is 17.0. The summed E-state index contributed by atoms with van der Waals surface area (Å²) in [6.45, 7) is 4.15. The number of anilines is 1. The number of rotatable bonds is 5. The lowest BCUT2D eigenvalue weighted by Gasteiger charge is -2.30. The molecule has 30 heavy (non-hydrogen) atoms. The molecule has 1 amide bonds. The van der Waals surface area contributed by atoms with Crippen LogP contribution in [0.4, 0.5) is 5.82 Å². The fourth-order valence-electron chi connectivity index (χ4n) is 4.33. The quantitative estimate of drug-likeness (QED) is 0.678. The van der Waals surface area contributed by atoms with E-state index < -0.39 is 0 Å². The van der Waals surface area contributed by atoms with Gasteiger partial charge >= 0.3 is 0 Å². The molecule has 0 spiro atoms. The van der Waals surface area contributed by atoms with E-state index in [1.165, 1.54) is 11.1 Å². The number of likely N-dealkylation sites (N-methyl/N-ethyl adjacent to an activating group) is 1.